The molecule has 2 aromatic carbocycles. The maximum absolute atomic E-state index is 14.1. The molecule has 2 rings (SSSR count). The summed E-state index contributed by atoms with van der Waals surface area (Å²) in [7, 11) is -4.45. The third kappa shape index (κ3) is 4.39. The van der Waals surface area contributed by atoms with E-state index in [9.17, 15) is 22.0 Å². The van der Waals surface area contributed by atoms with E-state index in [1.165, 1.54) is 12.1 Å². The maximum atomic E-state index is 14.1. The molecule has 25 heavy (non-hydrogen) atoms. The number of anilines is 1. The van der Waals surface area contributed by atoms with Crippen LogP contribution in [0.15, 0.2) is 41.3 Å². The van der Waals surface area contributed by atoms with Gasteiger partial charge in [0.1, 0.15) is 16.5 Å². The average Bonchev–Trinajstić information content (AvgIpc) is 2.51. The summed E-state index contributed by atoms with van der Waals surface area (Å²) in [6.45, 7) is -0.580. The van der Waals surface area contributed by atoms with Crippen molar-refractivity contribution in [3.8, 4) is 0 Å². The van der Waals surface area contributed by atoms with Crippen LogP contribution in [-0.4, -0.2) is 26.0 Å². The number of sulfonamides is 1. The fourth-order valence-corrected chi connectivity index (χ4v) is 4.26. The van der Waals surface area contributed by atoms with Gasteiger partial charge in [-0.2, -0.15) is 0 Å². The molecular weight excluding hydrogens is 399 g/mol. The Morgan fingerprint density at radius 3 is 2.40 bits per heavy atom. The quantitative estimate of drug-likeness (QED) is 0.783. The maximum Gasteiger partial charge on any atom is 0.305 e. The van der Waals surface area contributed by atoms with E-state index < -0.39 is 51.2 Å². The van der Waals surface area contributed by atoms with Gasteiger partial charge in [-0.15, -0.1) is 0 Å². The average molecular weight is 410 g/mol. The van der Waals surface area contributed by atoms with E-state index >= 15 is 0 Å². The molecule has 10 heteroatoms. The molecular formula is C15H11Cl2F2NO4S. The van der Waals surface area contributed by atoms with E-state index in [1.807, 2.05) is 0 Å². The Kier molecular flexibility index (Phi) is 5.87. The van der Waals surface area contributed by atoms with Crippen LogP contribution in [-0.2, 0) is 14.8 Å². The van der Waals surface area contributed by atoms with Crippen LogP contribution in [0.3, 0.4) is 0 Å². The van der Waals surface area contributed by atoms with E-state index in [2.05, 4.69) is 0 Å². The molecule has 0 unspecified atom stereocenters. The molecule has 0 aliphatic heterocycles. The lowest BCUT2D eigenvalue weighted by Crippen LogP contribution is -2.34. The van der Waals surface area contributed by atoms with Crippen molar-refractivity contribution in [2.75, 3.05) is 10.8 Å². The molecule has 0 saturated carbocycles. The van der Waals surface area contributed by atoms with Gasteiger partial charge < -0.3 is 5.11 Å². The number of nitrogens with zero attached hydrogens (tertiary/aromatic N) is 1. The van der Waals surface area contributed by atoms with E-state index in [4.69, 9.17) is 28.3 Å². The van der Waals surface area contributed by atoms with E-state index in [0.717, 1.165) is 18.2 Å². The van der Waals surface area contributed by atoms with Crippen LogP contribution < -0.4 is 4.31 Å². The largest absolute Gasteiger partial charge is 0.481 e. The number of hydrogen-bond acceptors (Lipinski definition) is 3. The Morgan fingerprint density at radius 2 is 1.80 bits per heavy atom. The fraction of sp³-hybridized carbons (Fsp3) is 0.133. The van der Waals surface area contributed by atoms with Gasteiger partial charge in [0, 0.05) is 17.6 Å². The van der Waals surface area contributed by atoms with Gasteiger partial charge in [0.05, 0.1) is 17.1 Å². The van der Waals surface area contributed by atoms with Crippen molar-refractivity contribution in [1.82, 2.24) is 0 Å². The standard InChI is InChI=1S/C15H11Cl2F2NO4S/c16-9-1-3-11(17)14(7-9)25(23,24)20(6-5-15(21)22)13-4-2-10(18)8-12(13)19/h1-4,7-8H,5-6H2,(H,21,22). The predicted molar refractivity (Wildman–Crippen MR) is 89.6 cm³/mol. The Balaban J connectivity index is 2.61. The van der Waals surface area contributed by atoms with E-state index in [1.54, 1.807) is 0 Å². The fourth-order valence-electron chi connectivity index (χ4n) is 2.04. The van der Waals surface area contributed by atoms with E-state index in [0.29, 0.717) is 10.4 Å². The third-order valence-corrected chi connectivity index (χ3v) is 5.70. The molecule has 5 nitrogen and oxygen atoms in total. The van der Waals surface area contributed by atoms with Crippen LogP contribution >= 0.6 is 23.2 Å². The van der Waals surface area contributed by atoms with E-state index in [-0.39, 0.29) is 10.0 Å². The molecule has 0 spiro atoms. The predicted octanol–water partition coefficient (Wildman–Crippen LogP) is 3.94. The van der Waals surface area contributed by atoms with Crippen LogP contribution in [0, 0.1) is 11.6 Å². The molecule has 0 radical (unpaired) electrons. The van der Waals surface area contributed by atoms with Crippen LogP contribution in [0.4, 0.5) is 14.5 Å². The minimum absolute atomic E-state index is 0.0701. The Labute approximate surface area is 152 Å². The summed E-state index contributed by atoms with van der Waals surface area (Å²) in [6, 6.07) is 5.94. The number of benzene rings is 2. The molecule has 2 aromatic rings. The van der Waals surface area contributed by atoms with Crippen LogP contribution in [0.1, 0.15) is 6.42 Å². The summed E-state index contributed by atoms with van der Waals surface area (Å²) in [5, 5.41) is 8.73. The number of carbonyl (C=O) groups is 1. The van der Waals surface area contributed by atoms with Gasteiger partial charge in [0.2, 0.25) is 0 Å². The molecule has 0 bridgehead atoms. The van der Waals surface area contributed by atoms with Crippen LogP contribution in [0.25, 0.3) is 0 Å². The zero-order chi connectivity index (χ0) is 18.8. The van der Waals surface area contributed by atoms with Crippen molar-refractivity contribution in [3.05, 3.63) is 58.1 Å². The van der Waals surface area contributed by atoms with Crippen molar-refractivity contribution in [1.29, 1.82) is 0 Å². The van der Waals surface area contributed by atoms with Crippen LogP contribution in [0.2, 0.25) is 10.0 Å². The number of halogens is 4. The Bertz CT molecular complexity index is 922. The molecule has 0 amide bonds. The highest BCUT2D eigenvalue weighted by atomic mass is 35.5. The number of carboxylic acids is 1. The molecule has 1 N–H and O–H groups in total. The minimum atomic E-state index is -4.45. The summed E-state index contributed by atoms with van der Waals surface area (Å²) in [4.78, 5) is 10.4. The van der Waals surface area contributed by atoms with Gasteiger partial charge in [0.25, 0.3) is 10.0 Å². The zero-order valence-corrected chi connectivity index (χ0v) is 14.7. The van der Waals surface area contributed by atoms with Crippen molar-refractivity contribution < 1.29 is 27.1 Å². The van der Waals surface area contributed by atoms with Crippen molar-refractivity contribution in [3.63, 3.8) is 0 Å². The molecule has 0 aliphatic carbocycles. The molecule has 0 aromatic heterocycles. The van der Waals surface area contributed by atoms with Gasteiger partial charge in [-0.3, -0.25) is 9.10 Å². The van der Waals surface area contributed by atoms with Gasteiger partial charge in [-0.25, -0.2) is 17.2 Å². The number of rotatable bonds is 6. The second-order valence-electron chi connectivity index (χ2n) is 4.89. The molecule has 0 atom stereocenters. The van der Waals surface area contributed by atoms with Crippen molar-refractivity contribution in [2.45, 2.75) is 11.3 Å². The third-order valence-electron chi connectivity index (χ3n) is 3.17. The summed E-state index contributed by atoms with van der Waals surface area (Å²) in [5.74, 6) is -3.36. The topological polar surface area (TPSA) is 74.7 Å². The number of carboxylic acid groups (broad SMARTS) is 1. The SMILES string of the molecule is O=C(O)CCN(c1ccc(F)cc1F)S(=O)(=O)c1cc(Cl)ccc1Cl. The molecule has 0 heterocycles. The highest BCUT2D eigenvalue weighted by Gasteiger charge is 2.30. The minimum Gasteiger partial charge on any atom is -0.481 e. The van der Waals surface area contributed by atoms with Crippen molar-refractivity contribution >= 4 is 44.9 Å². The smallest absolute Gasteiger partial charge is 0.305 e. The highest BCUT2D eigenvalue weighted by molar-refractivity contribution is 7.93. The molecule has 0 aliphatic rings. The van der Waals surface area contributed by atoms with Gasteiger partial charge in [0.15, 0.2) is 0 Å². The normalized spacial score (nSPS) is 11.4. The number of hydrogen-bond donors (Lipinski definition) is 1. The first-order valence-electron chi connectivity index (χ1n) is 6.77. The summed E-state index contributed by atoms with van der Waals surface area (Å²) < 4.78 is 53.5. The Morgan fingerprint density at radius 1 is 1.12 bits per heavy atom. The lowest BCUT2D eigenvalue weighted by molar-refractivity contribution is -0.136. The lowest BCUT2D eigenvalue weighted by Gasteiger charge is -2.25. The second-order valence-corrected chi connectivity index (χ2v) is 7.57. The summed E-state index contributed by atoms with van der Waals surface area (Å²) in [5.41, 5.74) is -0.501. The van der Waals surface area contributed by atoms with Gasteiger partial charge >= 0.3 is 5.97 Å². The molecule has 134 valence electrons. The molecule has 0 fully saturated rings. The van der Waals surface area contributed by atoms with Gasteiger partial charge in [-0.1, -0.05) is 23.2 Å². The van der Waals surface area contributed by atoms with Crippen molar-refractivity contribution in [2.24, 2.45) is 0 Å². The lowest BCUT2D eigenvalue weighted by atomic mass is 10.3. The first-order valence-corrected chi connectivity index (χ1v) is 8.97. The van der Waals surface area contributed by atoms with Crippen LogP contribution in [0.5, 0.6) is 0 Å². The molecule has 0 saturated heterocycles. The first-order chi connectivity index (χ1) is 11.6. The monoisotopic (exact) mass is 409 g/mol. The highest BCUT2D eigenvalue weighted by Crippen LogP contribution is 2.32. The second kappa shape index (κ2) is 7.55. The zero-order valence-electron chi connectivity index (χ0n) is 12.4. The number of aliphatic carboxylic acids is 1. The Hall–Kier alpha value is -1.90. The van der Waals surface area contributed by atoms with Gasteiger partial charge in [-0.05, 0) is 30.3 Å². The summed E-state index contributed by atoms with van der Waals surface area (Å²) in [6.07, 6.45) is -0.603. The summed E-state index contributed by atoms with van der Waals surface area (Å²) >= 11 is 11.7. The first kappa shape index (κ1) is 19.4.